The molecule has 1 heterocycles. The van der Waals surface area contributed by atoms with Gasteiger partial charge in [0.15, 0.2) is 0 Å². The normalized spacial score (nSPS) is 10.3. The fourth-order valence-electron chi connectivity index (χ4n) is 2.72. The first-order valence-electron chi connectivity index (χ1n) is 8.99. The molecule has 0 aliphatic heterocycles. The van der Waals surface area contributed by atoms with Gasteiger partial charge in [0.1, 0.15) is 5.82 Å². The Morgan fingerprint density at radius 1 is 1.00 bits per heavy atom. The smallest absolute Gasteiger partial charge is 0.337 e. The third-order valence-electron chi connectivity index (χ3n) is 4.23. The molecule has 0 unspecified atom stereocenters. The summed E-state index contributed by atoms with van der Waals surface area (Å²) in [5.74, 6) is -0.987. The zero-order valence-electron chi connectivity index (χ0n) is 15.8. The molecule has 7 heteroatoms. The Morgan fingerprint density at radius 3 is 2.48 bits per heavy atom. The van der Waals surface area contributed by atoms with Gasteiger partial charge in [-0.1, -0.05) is 18.2 Å². The van der Waals surface area contributed by atoms with E-state index in [1.165, 1.54) is 19.4 Å². The molecule has 148 valence electrons. The van der Waals surface area contributed by atoms with Gasteiger partial charge in [0.25, 0.3) is 5.91 Å². The molecule has 3 aromatic rings. The zero-order chi connectivity index (χ0) is 20.6. The lowest BCUT2D eigenvalue weighted by atomic mass is 10.1. The standard InChI is InChI=1S/C22H20FN3O3/c1-29-22(28)16-6-8-18(9-7-16)26-19-12-17(13-24-14-19)21(27)25-11-10-15-4-2-3-5-20(15)23/h2-9,12-14,26H,10-11H2,1H3,(H,25,27). The lowest BCUT2D eigenvalue weighted by Crippen LogP contribution is -2.26. The first-order chi connectivity index (χ1) is 14.1. The van der Waals surface area contributed by atoms with Crippen molar-refractivity contribution >= 4 is 23.3 Å². The Labute approximate surface area is 167 Å². The topological polar surface area (TPSA) is 80.3 Å². The maximum absolute atomic E-state index is 13.6. The molecule has 0 spiro atoms. The minimum absolute atomic E-state index is 0.284. The molecule has 0 saturated carbocycles. The number of esters is 1. The van der Waals surface area contributed by atoms with Crippen LogP contribution < -0.4 is 10.6 Å². The lowest BCUT2D eigenvalue weighted by Gasteiger charge is -2.09. The number of amides is 1. The Bertz CT molecular complexity index is 1010. The summed E-state index contributed by atoms with van der Waals surface area (Å²) in [5, 5.41) is 5.90. The summed E-state index contributed by atoms with van der Waals surface area (Å²) >= 11 is 0. The number of ether oxygens (including phenoxy) is 1. The SMILES string of the molecule is COC(=O)c1ccc(Nc2cncc(C(=O)NCCc3ccccc3F)c2)cc1. The number of hydrogen-bond acceptors (Lipinski definition) is 5. The molecule has 0 fully saturated rings. The molecule has 0 saturated heterocycles. The Balaban J connectivity index is 1.59. The third kappa shape index (κ3) is 5.38. The van der Waals surface area contributed by atoms with Gasteiger partial charge in [0, 0.05) is 18.4 Å². The predicted molar refractivity (Wildman–Crippen MR) is 108 cm³/mol. The molecular formula is C22H20FN3O3. The van der Waals surface area contributed by atoms with Crippen molar-refractivity contribution in [1.82, 2.24) is 10.3 Å². The van der Waals surface area contributed by atoms with Gasteiger partial charge in [0.2, 0.25) is 0 Å². The molecule has 0 atom stereocenters. The number of hydrogen-bond donors (Lipinski definition) is 2. The van der Waals surface area contributed by atoms with Crippen LogP contribution in [-0.4, -0.2) is 30.5 Å². The molecule has 6 nitrogen and oxygen atoms in total. The van der Waals surface area contributed by atoms with E-state index in [9.17, 15) is 14.0 Å². The Kier molecular flexibility index (Phi) is 6.52. The summed E-state index contributed by atoms with van der Waals surface area (Å²) in [4.78, 5) is 27.9. The summed E-state index contributed by atoms with van der Waals surface area (Å²) in [6, 6.07) is 14.9. The first kappa shape index (κ1) is 20.0. The van der Waals surface area contributed by atoms with Gasteiger partial charge in [-0.3, -0.25) is 9.78 Å². The van der Waals surface area contributed by atoms with Crippen molar-refractivity contribution in [2.24, 2.45) is 0 Å². The fourth-order valence-corrected chi connectivity index (χ4v) is 2.72. The van der Waals surface area contributed by atoms with Crippen LogP contribution in [0.3, 0.4) is 0 Å². The van der Waals surface area contributed by atoms with Crippen molar-refractivity contribution in [2.45, 2.75) is 6.42 Å². The van der Waals surface area contributed by atoms with Crippen LogP contribution in [0.25, 0.3) is 0 Å². The van der Waals surface area contributed by atoms with Crippen LogP contribution in [0.1, 0.15) is 26.3 Å². The van der Waals surface area contributed by atoms with Crippen molar-refractivity contribution < 1.29 is 18.7 Å². The molecular weight excluding hydrogens is 373 g/mol. The zero-order valence-corrected chi connectivity index (χ0v) is 15.8. The summed E-state index contributed by atoms with van der Waals surface area (Å²) < 4.78 is 18.3. The summed E-state index contributed by atoms with van der Waals surface area (Å²) in [6.45, 7) is 0.312. The highest BCUT2D eigenvalue weighted by Gasteiger charge is 2.09. The van der Waals surface area contributed by atoms with Gasteiger partial charge in [-0.2, -0.15) is 0 Å². The molecule has 1 aromatic heterocycles. The maximum atomic E-state index is 13.6. The molecule has 29 heavy (non-hydrogen) atoms. The second-order valence-corrected chi connectivity index (χ2v) is 6.25. The highest BCUT2D eigenvalue weighted by Crippen LogP contribution is 2.18. The van der Waals surface area contributed by atoms with Gasteiger partial charge in [-0.25, -0.2) is 9.18 Å². The number of rotatable bonds is 7. The number of benzene rings is 2. The highest BCUT2D eigenvalue weighted by molar-refractivity contribution is 5.95. The summed E-state index contributed by atoms with van der Waals surface area (Å²) in [5.41, 5.74) is 2.74. The van der Waals surface area contributed by atoms with Crippen molar-refractivity contribution in [3.8, 4) is 0 Å². The van der Waals surface area contributed by atoms with Crippen LogP contribution in [-0.2, 0) is 11.2 Å². The average molecular weight is 393 g/mol. The van der Waals surface area contributed by atoms with E-state index in [4.69, 9.17) is 0 Å². The van der Waals surface area contributed by atoms with E-state index < -0.39 is 5.97 Å². The number of carbonyl (C=O) groups excluding carboxylic acids is 2. The molecule has 2 N–H and O–H groups in total. The first-order valence-corrected chi connectivity index (χ1v) is 8.99. The second-order valence-electron chi connectivity index (χ2n) is 6.25. The van der Waals surface area contributed by atoms with Gasteiger partial charge < -0.3 is 15.4 Å². The minimum Gasteiger partial charge on any atom is -0.465 e. The van der Waals surface area contributed by atoms with Crippen molar-refractivity contribution in [2.75, 3.05) is 19.0 Å². The van der Waals surface area contributed by atoms with Gasteiger partial charge in [-0.05, 0) is 48.4 Å². The van der Waals surface area contributed by atoms with Crippen LogP contribution in [0.4, 0.5) is 15.8 Å². The molecule has 0 aliphatic carbocycles. The van der Waals surface area contributed by atoms with Crippen molar-refractivity contribution in [3.05, 3.63) is 89.5 Å². The third-order valence-corrected chi connectivity index (χ3v) is 4.23. The van der Waals surface area contributed by atoms with Crippen LogP contribution in [0.5, 0.6) is 0 Å². The Morgan fingerprint density at radius 2 is 1.76 bits per heavy atom. The molecule has 0 bridgehead atoms. The Hall–Kier alpha value is -3.74. The van der Waals surface area contributed by atoms with E-state index in [1.54, 1.807) is 54.7 Å². The minimum atomic E-state index is -0.410. The van der Waals surface area contributed by atoms with E-state index in [0.717, 1.165) is 5.69 Å². The highest BCUT2D eigenvalue weighted by atomic mass is 19.1. The fraction of sp³-hybridized carbons (Fsp3) is 0.136. The van der Waals surface area contributed by atoms with Gasteiger partial charge in [-0.15, -0.1) is 0 Å². The van der Waals surface area contributed by atoms with Gasteiger partial charge >= 0.3 is 5.97 Å². The number of aromatic nitrogens is 1. The van der Waals surface area contributed by atoms with Crippen molar-refractivity contribution in [1.29, 1.82) is 0 Å². The van der Waals surface area contributed by atoms with E-state index >= 15 is 0 Å². The van der Waals surface area contributed by atoms with Crippen LogP contribution in [0.15, 0.2) is 67.0 Å². The van der Waals surface area contributed by atoms with Crippen LogP contribution in [0.2, 0.25) is 0 Å². The number of halogens is 1. The predicted octanol–water partition coefficient (Wildman–Crippen LogP) is 3.72. The van der Waals surface area contributed by atoms with E-state index in [2.05, 4.69) is 20.4 Å². The molecule has 0 radical (unpaired) electrons. The van der Waals surface area contributed by atoms with Crippen LogP contribution >= 0.6 is 0 Å². The number of methoxy groups -OCH3 is 1. The molecule has 0 aliphatic rings. The quantitative estimate of drug-likeness (QED) is 0.598. The monoisotopic (exact) mass is 393 g/mol. The number of nitrogens with one attached hydrogen (secondary N) is 2. The number of anilines is 2. The second kappa shape index (κ2) is 9.45. The van der Waals surface area contributed by atoms with E-state index in [1.807, 2.05) is 0 Å². The maximum Gasteiger partial charge on any atom is 0.337 e. The van der Waals surface area contributed by atoms with Crippen LogP contribution in [0, 0.1) is 5.82 Å². The number of pyridine rings is 1. The van der Waals surface area contributed by atoms with Gasteiger partial charge in [0.05, 0.1) is 30.1 Å². The number of nitrogens with zero attached hydrogens (tertiary/aromatic N) is 1. The number of carbonyl (C=O) groups is 2. The summed E-state index contributed by atoms with van der Waals surface area (Å²) in [7, 11) is 1.33. The van der Waals surface area contributed by atoms with E-state index in [-0.39, 0.29) is 11.7 Å². The van der Waals surface area contributed by atoms with E-state index in [0.29, 0.717) is 35.3 Å². The molecule has 3 rings (SSSR count). The molecule has 1 amide bonds. The van der Waals surface area contributed by atoms with Crippen molar-refractivity contribution in [3.63, 3.8) is 0 Å². The largest absolute Gasteiger partial charge is 0.465 e. The average Bonchev–Trinajstić information content (AvgIpc) is 2.75. The lowest BCUT2D eigenvalue weighted by molar-refractivity contribution is 0.0600. The molecule has 2 aromatic carbocycles. The summed E-state index contributed by atoms with van der Waals surface area (Å²) in [6.07, 6.45) is 3.45.